The van der Waals surface area contributed by atoms with Gasteiger partial charge in [0, 0.05) is 25.6 Å². The van der Waals surface area contributed by atoms with Gasteiger partial charge >= 0.3 is 6.03 Å². The predicted octanol–water partition coefficient (Wildman–Crippen LogP) is 3.17. The zero-order chi connectivity index (χ0) is 16.2. The van der Waals surface area contributed by atoms with E-state index in [1.54, 1.807) is 14.0 Å². The molecule has 2 aromatic heterocycles. The zero-order valence-corrected chi connectivity index (χ0v) is 13.5. The number of carbonyl (C=O) groups excluding carboxylic acids is 1. The van der Waals surface area contributed by atoms with Crippen LogP contribution in [-0.2, 0) is 6.54 Å². The molecule has 118 valence electrons. The first kappa shape index (κ1) is 15.2. The summed E-state index contributed by atoms with van der Waals surface area (Å²) in [6, 6.07) is 11.4. The smallest absolute Gasteiger partial charge is 0.322 e. The fourth-order valence-corrected chi connectivity index (χ4v) is 2.62. The molecule has 1 N–H and O–H groups in total. The zero-order valence-electron chi connectivity index (χ0n) is 12.7. The molecule has 23 heavy (non-hydrogen) atoms. The van der Waals surface area contributed by atoms with Crippen LogP contribution >= 0.6 is 11.5 Å². The third-order valence-electron chi connectivity index (χ3n) is 3.10. The van der Waals surface area contributed by atoms with Crippen molar-refractivity contribution in [3.8, 4) is 11.3 Å². The number of aryl methyl sites for hydroxylation is 1. The molecule has 0 radical (unpaired) electrons. The molecule has 8 heteroatoms. The van der Waals surface area contributed by atoms with E-state index in [0.717, 1.165) is 11.3 Å². The molecule has 1 aromatic carbocycles. The summed E-state index contributed by atoms with van der Waals surface area (Å²) in [5, 5.41) is 7.27. The van der Waals surface area contributed by atoms with Crippen molar-refractivity contribution in [3.63, 3.8) is 0 Å². The maximum Gasteiger partial charge on any atom is 0.322 e. The Bertz CT molecular complexity index is 799. The summed E-state index contributed by atoms with van der Waals surface area (Å²) in [4.78, 5) is 17.7. The normalized spacial score (nSPS) is 10.5. The average Bonchev–Trinajstić information content (AvgIpc) is 3.17. The molecule has 0 aliphatic rings. The highest BCUT2D eigenvalue weighted by Crippen LogP contribution is 2.25. The Morgan fingerprint density at radius 3 is 2.83 bits per heavy atom. The number of amides is 2. The van der Waals surface area contributed by atoms with E-state index in [0.29, 0.717) is 16.7 Å². The summed E-state index contributed by atoms with van der Waals surface area (Å²) < 4.78 is 9.24. The summed E-state index contributed by atoms with van der Waals surface area (Å²) in [6.07, 6.45) is 0. The Morgan fingerprint density at radius 1 is 1.35 bits per heavy atom. The Kier molecular flexibility index (Phi) is 4.33. The topological polar surface area (TPSA) is 84.2 Å². The van der Waals surface area contributed by atoms with Gasteiger partial charge in [-0.15, -0.1) is 0 Å². The van der Waals surface area contributed by atoms with Gasteiger partial charge in [-0.05, 0) is 11.5 Å². The third kappa shape index (κ3) is 3.72. The van der Waals surface area contributed by atoms with Crippen LogP contribution in [-0.4, -0.2) is 32.5 Å². The number of aromatic nitrogens is 3. The lowest BCUT2D eigenvalue weighted by molar-refractivity contribution is 0.219. The monoisotopic (exact) mass is 329 g/mol. The van der Waals surface area contributed by atoms with Gasteiger partial charge in [0.2, 0.25) is 5.89 Å². The number of hydrogen-bond donors (Lipinski definition) is 1. The Morgan fingerprint density at radius 2 is 2.13 bits per heavy atom. The van der Waals surface area contributed by atoms with E-state index in [2.05, 4.69) is 19.8 Å². The highest BCUT2D eigenvalue weighted by Gasteiger charge is 2.14. The number of carbonyl (C=O) groups is 1. The van der Waals surface area contributed by atoms with Crippen molar-refractivity contribution in [3.05, 3.63) is 48.1 Å². The molecule has 0 aliphatic heterocycles. The van der Waals surface area contributed by atoms with Crippen molar-refractivity contribution in [1.82, 2.24) is 19.4 Å². The highest BCUT2D eigenvalue weighted by molar-refractivity contribution is 7.10. The third-order valence-corrected chi connectivity index (χ3v) is 3.81. The van der Waals surface area contributed by atoms with Crippen molar-refractivity contribution in [2.75, 3.05) is 12.4 Å². The van der Waals surface area contributed by atoms with E-state index < -0.39 is 0 Å². The molecule has 0 fully saturated rings. The van der Waals surface area contributed by atoms with Crippen LogP contribution in [0.15, 0.2) is 40.9 Å². The number of nitrogens with one attached hydrogen (secondary N) is 1. The highest BCUT2D eigenvalue weighted by atomic mass is 32.1. The lowest BCUT2D eigenvalue weighted by Gasteiger charge is -2.14. The van der Waals surface area contributed by atoms with Gasteiger partial charge < -0.3 is 9.42 Å². The van der Waals surface area contributed by atoms with E-state index in [-0.39, 0.29) is 12.6 Å². The van der Waals surface area contributed by atoms with E-state index in [4.69, 9.17) is 4.52 Å². The van der Waals surface area contributed by atoms with Gasteiger partial charge in [0.05, 0.1) is 12.2 Å². The Balaban J connectivity index is 1.63. The Labute approximate surface area is 137 Å². The maximum absolute atomic E-state index is 12.2. The van der Waals surface area contributed by atoms with Gasteiger partial charge in [0.25, 0.3) is 0 Å². The van der Waals surface area contributed by atoms with Gasteiger partial charge in [-0.2, -0.15) is 9.36 Å². The molecule has 0 unspecified atom stereocenters. The summed E-state index contributed by atoms with van der Waals surface area (Å²) in [7, 11) is 1.67. The minimum absolute atomic E-state index is 0.254. The first-order valence-corrected chi connectivity index (χ1v) is 7.72. The van der Waals surface area contributed by atoms with Gasteiger partial charge in [0.15, 0.2) is 5.82 Å². The second-order valence-corrected chi connectivity index (χ2v) is 5.76. The first-order chi connectivity index (χ1) is 11.1. The van der Waals surface area contributed by atoms with Crippen LogP contribution in [0.2, 0.25) is 0 Å². The first-order valence-electron chi connectivity index (χ1n) is 6.95. The number of hydrogen-bond acceptors (Lipinski definition) is 6. The molecular formula is C15H15N5O2S. The minimum Gasteiger partial charge on any atom is -0.340 e. The van der Waals surface area contributed by atoms with Crippen LogP contribution < -0.4 is 5.32 Å². The van der Waals surface area contributed by atoms with E-state index in [1.165, 1.54) is 16.4 Å². The molecule has 2 amide bonds. The quantitative estimate of drug-likeness (QED) is 0.795. The molecule has 0 bridgehead atoms. The molecule has 0 saturated heterocycles. The molecule has 0 aliphatic carbocycles. The molecule has 2 heterocycles. The van der Waals surface area contributed by atoms with Crippen molar-refractivity contribution >= 4 is 22.6 Å². The van der Waals surface area contributed by atoms with Crippen LogP contribution in [0.5, 0.6) is 0 Å². The summed E-state index contributed by atoms with van der Waals surface area (Å²) in [5.41, 5.74) is 1.85. The van der Waals surface area contributed by atoms with Gasteiger partial charge in [0.1, 0.15) is 5.00 Å². The molecule has 0 atom stereocenters. The van der Waals surface area contributed by atoms with Crippen LogP contribution in [0.4, 0.5) is 9.80 Å². The summed E-state index contributed by atoms with van der Waals surface area (Å²) in [6.45, 7) is 1.98. The van der Waals surface area contributed by atoms with E-state index >= 15 is 0 Å². The molecule has 3 rings (SSSR count). The summed E-state index contributed by atoms with van der Waals surface area (Å²) >= 11 is 1.24. The predicted molar refractivity (Wildman–Crippen MR) is 87.1 cm³/mol. The SMILES string of the molecule is Cc1nc(CN(C)C(=O)Nc2cc(-c3ccccc3)ns2)no1. The number of urea groups is 1. The number of benzene rings is 1. The van der Waals surface area contributed by atoms with Crippen molar-refractivity contribution in [1.29, 1.82) is 0 Å². The minimum atomic E-state index is -0.254. The van der Waals surface area contributed by atoms with Gasteiger partial charge in [-0.25, -0.2) is 4.79 Å². The maximum atomic E-state index is 12.2. The van der Waals surface area contributed by atoms with Crippen LogP contribution in [0.3, 0.4) is 0 Å². The number of nitrogens with zero attached hydrogens (tertiary/aromatic N) is 4. The fraction of sp³-hybridized carbons (Fsp3) is 0.200. The standard InChI is InChI=1S/C15H15N5O2S/c1-10-16-13(18-22-10)9-20(2)15(21)17-14-8-12(19-23-14)11-6-4-3-5-7-11/h3-8H,9H2,1-2H3,(H,17,21). The van der Waals surface area contributed by atoms with Crippen LogP contribution in [0, 0.1) is 6.92 Å². The molecular weight excluding hydrogens is 314 g/mol. The fourth-order valence-electron chi connectivity index (χ4n) is 1.97. The average molecular weight is 329 g/mol. The van der Waals surface area contributed by atoms with Crippen molar-refractivity contribution < 1.29 is 9.32 Å². The largest absolute Gasteiger partial charge is 0.340 e. The lowest BCUT2D eigenvalue weighted by Crippen LogP contribution is -2.30. The second-order valence-electron chi connectivity index (χ2n) is 4.96. The molecule has 3 aromatic rings. The van der Waals surface area contributed by atoms with Gasteiger partial charge in [-0.3, -0.25) is 5.32 Å². The summed E-state index contributed by atoms with van der Waals surface area (Å²) in [5.74, 6) is 0.943. The lowest BCUT2D eigenvalue weighted by atomic mass is 10.2. The van der Waals surface area contributed by atoms with E-state index in [1.807, 2.05) is 36.4 Å². The number of anilines is 1. The van der Waals surface area contributed by atoms with Crippen molar-refractivity contribution in [2.45, 2.75) is 13.5 Å². The molecule has 0 spiro atoms. The molecule has 0 saturated carbocycles. The van der Waals surface area contributed by atoms with Crippen LogP contribution in [0.25, 0.3) is 11.3 Å². The van der Waals surface area contributed by atoms with E-state index in [9.17, 15) is 4.79 Å². The van der Waals surface area contributed by atoms with Crippen molar-refractivity contribution in [2.24, 2.45) is 0 Å². The molecule has 7 nitrogen and oxygen atoms in total. The second kappa shape index (κ2) is 6.57. The Hall–Kier alpha value is -2.74. The van der Waals surface area contributed by atoms with Crippen LogP contribution in [0.1, 0.15) is 11.7 Å². The number of rotatable bonds is 4. The van der Waals surface area contributed by atoms with Gasteiger partial charge in [-0.1, -0.05) is 35.5 Å².